The third-order valence-corrected chi connectivity index (χ3v) is 5.36. The number of nitrogens with one attached hydrogen (secondary N) is 1. The molecule has 0 bridgehead atoms. The second-order valence-electron chi connectivity index (χ2n) is 6.50. The molecule has 0 spiro atoms. The Morgan fingerprint density at radius 3 is 2.71 bits per heavy atom. The molecule has 1 aromatic rings. The molecule has 0 radical (unpaired) electrons. The van der Waals surface area contributed by atoms with Crippen LogP contribution < -0.4 is 11.1 Å². The lowest BCUT2D eigenvalue weighted by molar-refractivity contribution is -0.124. The maximum Gasteiger partial charge on any atom is 0.224 e. The number of hydrogen-bond donors (Lipinski definition) is 2. The zero-order valence-electron chi connectivity index (χ0n) is 12.0. The van der Waals surface area contributed by atoms with Crippen LogP contribution in [0.1, 0.15) is 37.7 Å². The van der Waals surface area contributed by atoms with Crippen molar-refractivity contribution in [2.75, 3.05) is 6.54 Å². The first kappa shape index (κ1) is 15.1. The number of rotatable bonds is 5. The van der Waals surface area contributed by atoms with Gasteiger partial charge in [-0.1, -0.05) is 29.3 Å². The van der Waals surface area contributed by atoms with Crippen LogP contribution in [0, 0.1) is 11.8 Å². The number of nitrogens with two attached hydrogens (primary N) is 1. The van der Waals surface area contributed by atoms with E-state index in [1.165, 1.54) is 0 Å². The van der Waals surface area contributed by atoms with Gasteiger partial charge < -0.3 is 11.1 Å². The summed E-state index contributed by atoms with van der Waals surface area (Å²) in [5, 5.41) is 4.43. The first-order valence-electron chi connectivity index (χ1n) is 7.41. The van der Waals surface area contributed by atoms with Crippen LogP contribution in [-0.4, -0.2) is 18.0 Å². The van der Waals surface area contributed by atoms with Crippen molar-refractivity contribution < 1.29 is 4.79 Å². The van der Waals surface area contributed by atoms with Crippen molar-refractivity contribution in [3.8, 4) is 0 Å². The van der Waals surface area contributed by atoms with Gasteiger partial charge in [-0.25, -0.2) is 0 Å². The lowest BCUT2D eigenvalue weighted by Crippen LogP contribution is -2.53. The highest BCUT2D eigenvalue weighted by molar-refractivity contribution is 6.35. The fraction of sp³-hybridized carbons (Fsp3) is 0.562. The van der Waals surface area contributed by atoms with Gasteiger partial charge in [-0.2, -0.15) is 0 Å². The summed E-state index contributed by atoms with van der Waals surface area (Å²) >= 11 is 12.1. The van der Waals surface area contributed by atoms with Crippen molar-refractivity contribution in [1.82, 2.24) is 5.32 Å². The molecule has 1 aromatic carbocycles. The van der Waals surface area contributed by atoms with Crippen molar-refractivity contribution in [2.45, 2.75) is 37.6 Å². The van der Waals surface area contributed by atoms with Gasteiger partial charge in [0.05, 0.1) is 5.54 Å². The molecule has 2 aliphatic rings. The maximum absolute atomic E-state index is 12.4. The molecule has 21 heavy (non-hydrogen) atoms. The fourth-order valence-electron chi connectivity index (χ4n) is 3.05. The summed E-state index contributed by atoms with van der Waals surface area (Å²) in [7, 11) is 0. The van der Waals surface area contributed by atoms with Gasteiger partial charge in [-0.05, 0) is 55.7 Å². The molecule has 3 nitrogen and oxygen atoms in total. The van der Waals surface area contributed by atoms with E-state index < -0.39 is 0 Å². The molecular formula is C16H20Cl2N2O. The molecule has 114 valence electrons. The molecule has 2 saturated carbocycles. The minimum Gasteiger partial charge on any atom is -0.349 e. The Morgan fingerprint density at radius 1 is 1.43 bits per heavy atom. The highest BCUT2D eigenvalue weighted by Crippen LogP contribution is 2.50. The van der Waals surface area contributed by atoms with Gasteiger partial charge in [0.25, 0.3) is 0 Å². The van der Waals surface area contributed by atoms with Gasteiger partial charge in [0.2, 0.25) is 5.91 Å². The van der Waals surface area contributed by atoms with E-state index >= 15 is 0 Å². The van der Waals surface area contributed by atoms with Crippen molar-refractivity contribution in [2.24, 2.45) is 17.6 Å². The molecule has 0 heterocycles. The van der Waals surface area contributed by atoms with Crippen LogP contribution in [0.3, 0.4) is 0 Å². The van der Waals surface area contributed by atoms with Crippen LogP contribution >= 0.6 is 23.2 Å². The van der Waals surface area contributed by atoms with E-state index in [1.807, 2.05) is 12.1 Å². The van der Waals surface area contributed by atoms with Crippen LogP contribution in [-0.2, 0) is 4.79 Å². The van der Waals surface area contributed by atoms with E-state index in [-0.39, 0.29) is 23.3 Å². The summed E-state index contributed by atoms with van der Waals surface area (Å²) in [5.74, 6) is 0.845. The van der Waals surface area contributed by atoms with Crippen LogP contribution in [0.5, 0.6) is 0 Å². The first-order valence-corrected chi connectivity index (χ1v) is 8.17. The molecule has 1 amide bonds. The maximum atomic E-state index is 12.4. The normalized spacial score (nSPS) is 27.0. The topological polar surface area (TPSA) is 55.1 Å². The van der Waals surface area contributed by atoms with Crippen LogP contribution in [0.2, 0.25) is 10.0 Å². The number of carbonyl (C=O) groups excluding carboxylic acids is 1. The number of halogens is 2. The Morgan fingerprint density at radius 2 is 2.14 bits per heavy atom. The molecular weight excluding hydrogens is 307 g/mol. The Bertz CT molecular complexity index is 573. The summed E-state index contributed by atoms with van der Waals surface area (Å²) in [4.78, 5) is 12.4. The van der Waals surface area contributed by atoms with Crippen molar-refractivity contribution in [3.05, 3.63) is 33.8 Å². The zero-order valence-corrected chi connectivity index (χ0v) is 13.5. The third-order valence-electron chi connectivity index (χ3n) is 4.80. The second-order valence-corrected chi connectivity index (χ2v) is 7.34. The van der Waals surface area contributed by atoms with Gasteiger partial charge in [0.15, 0.2) is 0 Å². The average molecular weight is 327 g/mol. The Kier molecular flexibility index (Phi) is 3.93. The lowest BCUT2D eigenvalue weighted by atomic mass is 9.95. The second kappa shape index (κ2) is 5.45. The van der Waals surface area contributed by atoms with E-state index in [0.717, 1.165) is 24.8 Å². The van der Waals surface area contributed by atoms with Crippen molar-refractivity contribution >= 4 is 29.1 Å². The highest BCUT2D eigenvalue weighted by atomic mass is 35.5. The van der Waals surface area contributed by atoms with Gasteiger partial charge in [-0.3, -0.25) is 4.79 Å². The highest BCUT2D eigenvalue weighted by Gasteiger charge is 2.48. The first-order chi connectivity index (χ1) is 9.94. The van der Waals surface area contributed by atoms with Gasteiger partial charge in [-0.15, -0.1) is 0 Å². The zero-order chi connectivity index (χ0) is 15.2. The molecule has 2 fully saturated rings. The van der Waals surface area contributed by atoms with E-state index in [1.54, 1.807) is 6.07 Å². The molecule has 3 atom stereocenters. The van der Waals surface area contributed by atoms with Gasteiger partial charge in [0, 0.05) is 22.5 Å². The summed E-state index contributed by atoms with van der Waals surface area (Å²) in [5.41, 5.74) is 6.61. The number of benzene rings is 1. The Balaban J connectivity index is 1.65. The fourth-order valence-corrected chi connectivity index (χ4v) is 3.59. The van der Waals surface area contributed by atoms with Crippen LogP contribution in [0.4, 0.5) is 0 Å². The number of hydrogen-bond acceptors (Lipinski definition) is 2. The molecule has 5 heteroatoms. The SMILES string of the molecule is CC(CN)(NC(=O)C1CC1c1ccc(Cl)cc1Cl)C1CC1. The van der Waals surface area contributed by atoms with Crippen LogP contribution in [0.15, 0.2) is 18.2 Å². The van der Waals surface area contributed by atoms with E-state index in [4.69, 9.17) is 28.9 Å². The molecule has 0 aromatic heterocycles. The third kappa shape index (κ3) is 3.05. The van der Waals surface area contributed by atoms with Gasteiger partial charge in [0.1, 0.15) is 0 Å². The summed E-state index contributed by atoms with van der Waals surface area (Å²) in [6.07, 6.45) is 3.16. The molecule has 0 aliphatic heterocycles. The van der Waals surface area contributed by atoms with Crippen molar-refractivity contribution in [3.63, 3.8) is 0 Å². The minimum absolute atomic E-state index is 0.00769. The quantitative estimate of drug-likeness (QED) is 0.871. The Hall–Kier alpha value is -0.770. The lowest BCUT2D eigenvalue weighted by Gasteiger charge is -2.29. The standard InChI is InChI=1S/C16H20Cl2N2O/c1-16(8-19,9-2-3-9)20-15(21)13-7-12(13)11-5-4-10(17)6-14(11)18/h4-6,9,12-13H,2-3,7-8,19H2,1H3,(H,20,21). The number of amides is 1. The minimum atomic E-state index is -0.256. The monoisotopic (exact) mass is 326 g/mol. The predicted molar refractivity (Wildman–Crippen MR) is 85.6 cm³/mol. The van der Waals surface area contributed by atoms with Gasteiger partial charge >= 0.3 is 0 Å². The smallest absolute Gasteiger partial charge is 0.224 e. The summed E-state index contributed by atoms with van der Waals surface area (Å²) in [6, 6.07) is 5.48. The molecule has 2 aliphatic carbocycles. The molecule has 3 unspecified atom stereocenters. The molecule has 3 N–H and O–H groups in total. The Labute approximate surface area is 135 Å². The van der Waals surface area contributed by atoms with E-state index in [9.17, 15) is 4.79 Å². The largest absolute Gasteiger partial charge is 0.349 e. The predicted octanol–water partition coefficient (Wildman–Crippen LogP) is 3.34. The summed E-state index contributed by atoms with van der Waals surface area (Å²) in [6.45, 7) is 2.54. The van der Waals surface area contributed by atoms with E-state index in [2.05, 4.69) is 12.2 Å². The summed E-state index contributed by atoms with van der Waals surface area (Å²) < 4.78 is 0. The van der Waals surface area contributed by atoms with E-state index in [0.29, 0.717) is 22.5 Å². The van der Waals surface area contributed by atoms with Crippen LogP contribution in [0.25, 0.3) is 0 Å². The van der Waals surface area contributed by atoms with Crippen molar-refractivity contribution in [1.29, 1.82) is 0 Å². The molecule has 0 saturated heterocycles. The number of carbonyl (C=O) groups is 1. The average Bonchev–Trinajstić information content (AvgIpc) is 3.29. The molecule has 3 rings (SSSR count).